The molecule has 13 heavy (non-hydrogen) atoms. The molecule has 0 saturated carbocycles. The first kappa shape index (κ1) is 10.3. The first-order valence-electron chi connectivity index (χ1n) is 3.77. The summed E-state index contributed by atoms with van der Waals surface area (Å²) in [4.78, 5) is 0. The van der Waals surface area contributed by atoms with Crippen LogP contribution in [0.25, 0.3) is 0 Å². The molecule has 0 fully saturated rings. The maximum absolute atomic E-state index is 13.1. The minimum atomic E-state index is -0.566. The Morgan fingerprint density at radius 1 is 1.31 bits per heavy atom. The van der Waals surface area contributed by atoms with Crippen LogP contribution in [0.2, 0.25) is 0 Å². The number of benzene rings is 1. The summed E-state index contributed by atoms with van der Waals surface area (Å²) < 4.78 is 30.7. The van der Waals surface area contributed by atoms with Crippen molar-refractivity contribution in [1.82, 2.24) is 0 Å². The summed E-state index contributed by atoms with van der Waals surface area (Å²) >= 11 is 5.41. The monoisotopic (exact) mass is 206 g/mol. The highest BCUT2D eigenvalue weighted by molar-refractivity contribution is 6.17. The average molecular weight is 207 g/mol. The van der Waals surface area contributed by atoms with Gasteiger partial charge in [0.15, 0.2) is 11.6 Å². The van der Waals surface area contributed by atoms with Gasteiger partial charge in [-0.05, 0) is 18.1 Å². The fourth-order valence-electron chi connectivity index (χ4n) is 1.02. The first-order chi connectivity index (χ1) is 6.19. The molecule has 0 spiro atoms. The molecule has 1 aromatic rings. The lowest BCUT2D eigenvalue weighted by Gasteiger charge is -2.05. The number of ether oxygens (including phenoxy) is 1. The van der Waals surface area contributed by atoms with Gasteiger partial charge < -0.3 is 4.74 Å². The van der Waals surface area contributed by atoms with Crippen LogP contribution in [0.15, 0.2) is 12.1 Å². The highest BCUT2D eigenvalue weighted by Crippen LogP contribution is 2.21. The standard InChI is InChI=1S/C9H9ClF2O/c1-13-9-5-7(11)6(2-3-10)4-8(9)12/h4-5H,2-3H2,1H3. The van der Waals surface area contributed by atoms with Crippen LogP contribution in [0.3, 0.4) is 0 Å². The molecule has 1 rings (SSSR count). The van der Waals surface area contributed by atoms with Gasteiger partial charge in [-0.2, -0.15) is 0 Å². The topological polar surface area (TPSA) is 9.23 Å². The molecule has 4 heteroatoms. The van der Waals surface area contributed by atoms with Crippen molar-refractivity contribution < 1.29 is 13.5 Å². The average Bonchev–Trinajstić information content (AvgIpc) is 2.11. The van der Waals surface area contributed by atoms with Gasteiger partial charge in [0.25, 0.3) is 0 Å². The molecule has 0 bridgehead atoms. The number of methoxy groups -OCH3 is 1. The van der Waals surface area contributed by atoms with Crippen molar-refractivity contribution in [3.63, 3.8) is 0 Å². The highest BCUT2D eigenvalue weighted by Gasteiger charge is 2.09. The molecular formula is C9H9ClF2O. The summed E-state index contributed by atoms with van der Waals surface area (Å²) in [5.41, 5.74) is 0.272. The third kappa shape index (κ3) is 2.31. The third-order valence-corrected chi connectivity index (χ3v) is 1.87. The fraction of sp³-hybridized carbons (Fsp3) is 0.333. The summed E-state index contributed by atoms with van der Waals surface area (Å²) in [7, 11) is 1.29. The predicted molar refractivity (Wildman–Crippen MR) is 47.3 cm³/mol. The second kappa shape index (κ2) is 4.42. The molecule has 72 valence electrons. The van der Waals surface area contributed by atoms with Crippen molar-refractivity contribution in [2.24, 2.45) is 0 Å². The van der Waals surface area contributed by atoms with Crippen LogP contribution in [0.5, 0.6) is 5.75 Å². The number of alkyl halides is 1. The van der Waals surface area contributed by atoms with E-state index < -0.39 is 11.6 Å². The molecule has 0 N–H and O–H groups in total. The maximum atomic E-state index is 13.1. The molecule has 0 aromatic heterocycles. The van der Waals surface area contributed by atoms with Crippen molar-refractivity contribution in [2.75, 3.05) is 13.0 Å². The Morgan fingerprint density at radius 2 is 2.00 bits per heavy atom. The van der Waals surface area contributed by atoms with Gasteiger partial charge in [-0.25, -0.2) is 8.78 Å². The van der Waals surface area contributed by atoms with Crippen LogP contribution in [-0.2, 0) is 6.42 Å². The van der Waals surface area contributed by atoms with Gasteiger partial charge in [0, 0.05) is 11.9 Å². The van der Waals surface area contributed by atoms with E-state index in [1.807, 2.05) is 0 Å². The van der Waals surface area contributed by atoms with E-state index in [4.69, 9.17) is 11.6 Å². The van der Waals surface area contributed by atoms with E-state index in [1.165, 1.54) is 7.11 Å². The van der Waals surface area contributed by atoms with Crippen molar-refractivity contribution in [1.29, 1.82) is 0 Å². The van der Waals surface area contributed by atoms with Crippen molar-refractivity contribution in [3.8, 4) is 5.75 Å². The molecule has 1 aromatic carbocycles. The lowest BCUT2D eigenvalue weighted by atomic mass is 10.1. The Kier molecular flexibility index (Phi) is 3.48. The second-order valence-electron chi connectivity index (χ2n) is 2.52. The molecule has 0 heterocycles. The molecule has 0 atom stereocenters. The van der Waals surface area contributed by atoms with Crippen LogP contribution in [0, 0.1) is 11.6 Å². The largest absolute Gasteiger partial charge is 0.494 e. The van der Waals surface area contributed by atoms with Crippen LogP contribution < -0.4 is 4.74 Å². The van der Waals surface area contributed by atoms with Crippen molar-refractivity contribution in [3.05, 3.63) is 29.3 Å². The minimum absolute atomic E-state index is 0.0872. The van der Waals surface area contributed by atoms with E-state index in [0.29, 0.717) is 6.42 Å². The molecule has 1 nitrogen and oxygen atoms in total. The molecule has 0 radical (unpaired) electrons. The number of rotatable bonds is 3. The number of aryl methyl sites for hydroxylation is 1. The van der Waals surface area contributed by atoms with Gasteiger partial charge in [0.2, 0.25) is 0 Å². The summed E-state index contributed by atoms with van der Waals surface area (Å²) in [6.07, 6.45) is 0.314. The first-order valence-corrected chi connectivity index (χ1v) is 4.30. The summed E-state index contributed by atoms with van der Waals surface area (Å²) in [5.74, 6) is -0.874. The quantitative estimate of drug-likeness (QED) is 0.691. The molecule has 0 unspecified atom stereocenters. The highest BCUT2D eigenvalue weighted by atomic mass is 35.5. The molecule has 0 aliphatic carbocycles. The van der Waals surface area contributed by atoms with Crippen molar-refractivity contribution in [2.45, 2.75) is 6.42 Å². The summed E-state index contributed by atoms with van der Waals surface area (Å²) in [5, 5.41) is 0. The molecule has 0 aliphatic heterocycles. The molecule has 0 aliphatic rings. The van der Waals surface area contributed by atoms with Crippen LogP contribution in [0.1, 0.15) is 5.56 Å². The van der Waals surface area contributed by atoms with Gasteiger partial charge in [-0.1, -0.05) is 0 Å². The van der Waals surface area contributed by atoms with E-state index in [2.05, 4.69) is 4.74 Å². The zero-order chi connectivity index (χ0) is 9.84. The Hall–Kier alpha value is -0.830. The van der Waals surface area contributed by atoms with E-state index >= 15 is 0 Å². The Morgan fingerprint density at radius 3 is 2.54 bits per heavy atom. The van der Waals surface area contributed by atoms with E-state index in [9.17, 15) is 8.78 Å². The number of halogens is 3. The Bertz CT molecular complexity index is 302. The van der Waals surface area contributed by atoms with Gasteiger partial charge in [-0.3, -0.25) is 0 Å². The normalized spacial score (nSPS) is 10.2. The minimum Gasteiger partial charge on any atom is -0.494 e. The van der Waals surface area contributed by atoms with Crippen LogP contribution in [-0.4, -0.2) is 13.0 Å². The predicted octanol–water partition coefficient (Wildman–Crippen LogP) is 2.75. The van der Waals surface area contributed by atoms with Gasteiger partial charge in [-0.15, -0.1) is 11.6 Å². The van der Waals surface area contributed by atoms with E-state index in [0.717, 1.165) is 12.1 Å². The Labute approximate surface area is 80.3 Å². The SMILES string of the molecule is COc1cc(F)c(CCCl)cc1F. The summed E-state index contributed by atoms with van der Waals surface area (Å²) in [6.45, 7) is 0. The Balaban J connectivity index is 3.05. The van der Waals surface area contributed by atoms with Crippen molar-refractivity contribution >= 4 is 11.6 Å². The van der Waals surface area contributed by atoms with E-state index in [-0.39, 0.29) is 17.2 Å². The number of hydrogen-bond acceptors (Lipinski definition) is 1. The zero-order valence-corrected chi connectivity index (χ0v) is 7.87. The number of hydrogen-bond donors (Lipinski definition) is 0. The van der Waals surface area contributed by atoms with Gasteiger partial charge in [0.1, 0.15) is 5.82 Å². The molecule has 0 saturated heterocycles. The maximum Gasteiger partial charge on any atom is 0.165 e. The second-order valence-corrected chi connectivity index (χ2v) is 2.90. The lowest BCUT2D eigenvalue weighted by molar-refractivity contribution is 0.382. The fourth-order valence-corrected chi connectivity index (χ4v) is 1.22. The van der Waals surface area contributed by atoms with E-state index in [1.54, 1.807) is 0 Å². The third-order valence-electron chi connectivity index (χ3n) is 1.68. The lowest BCUT2D eigenvalue weighted by Crippen LogP contribution is -1.96. The molecule has 0 amide bonds. The van der Waals surface area contributed by atoms with Crippen LogP contribution >= 0.6 is 11.6 Å². The van der Waals surface area contributed by atoms with Crippen LogP contribution in [0.4, 0.5) is 8.78 Å². The molecular weight excluding hydrogens is 198 g/mol. The zero-order valence-electron chi connectivity index (χ0n) is 7.11. The van der Waals surface area contributed by atoms with Gasteiger partial charge >= 0.3 is 0 Å². The summed E-state index contributed by atoms with van der Waals surface area (Å²) in [6, 6.07) is 2.13. The smallest absolute Gasteiger partial charge is 0.165 e. The van der Waals surface area contributed by atoms with Gasteiger partial charge in [0.05, 0.1) is 7.11 Å².